The van der Waals surface area contributed by atoms with Gasteiger partial charge in [0.05, 0.1) is 11.1 Å². The topological polar surface area (TPSA) is 66.9 Å². The molecule has 0 heterocycles. The summed E-state index contributed by atoms with van der Waals surface area (Å²) in [6, 6.07) is 6.76. The van der Waals surface area contributed by atoms with Gasteiger partial charge in [0.2, 0.25) is 5.91 Å². The van der Waals surface area contributed by atoms with Crippen LogP contribution >= 0.6 is 15.9 Å². The second-order valence-electron chi connectivity index (χ2n) is 2.14. The maximum atomic E-state index is 10.8. The lowest BCUT2D eigenvalue weighted by Gasteiger charge is -1.99. The van der Waals surface area contributed by atoms with Crippen molar-refractivity contribution in [3.05, 3.63) is 33.8 Å². The SMILES string of the molecule is N#Cc1c(Br)cccc1C(N)=O. The molecular formula is C8H5BrN2O. The molecule has 0 atom stereocenters. The third-order valence-corrected chi connectivity index (χ3v) is 2.05. The van der Waals surface area contributed by atoms with Crippen molar-refractivity contribution in [1.29, 1.82) is 5.26 Å². The first-order chi connectivity index (χ1) is 5.66. The van der Waals surface area contributed by atoms with Crippen LogP contribution in [0.4, 0.5) is 0 Å². The summed E-state index contributed by atoms with van der Waals surface area (Å²) in [7, 11) is 0. The Morgan fingerprint density at radius 3 is 2.67 bits per heavy atom. The molecule has 0 spiro atoms. The first-order valence-electron chi connectivity index (χ1n) is 3.15. The lowest BCUT2D eigenvalue weighted by Crippen LogP contribution is -2.12. The van der Waals surface area contributed by atoms with Gasteiger partial charge in [-0.2, -0.15) is 5.26 Å². The summed E-state index contributed by atoms with van der Waals surface area (Å²) in [4.78, 5) is 10.8. The highest BCUT2D eigenvalue weighted by Crippen LogP contribution is 2.18. The van der Waals surface area contributed by atoms with Gasteiger partial charge in [-0.15, -0.1) is 0 Å². The van der Waals surface area contributed by atoms with Crippen molar-refractivity contribution in [3.8, 4) is 6.07 Å². The van der Waals surface area contributed by atoms with Crippen molar-refractivity contribution in [2.75, 3.05) is 0 Å². The van der Waals surface area contributed by atoms with Crippen molar-refractivity contribution in [2.24, 2.45) is 5.73 Å². The van der Waals surface area contributed by atoms with E-state index in [1.54, 1.807) is 12.1 Å². The van der Waals surface area contributed by atoms with Gasteiger partial charge in [0, 0.05) is 4.47 Å². The largest absolute Gasteiger partial charge is 0.366 e. The molecule has 12 heavy (non-hydrogen) atoms. The summed E-state index contributed by atoms with van der Waals surface area (Å²) in [6.45, 7) is 0. The average molecular weight is 225 g/mol. The second-order valence-corrected chi connectivity index (χ2v) is 2.99. The third kappa shape index (κ3) is 1.46. The van der Waals surface area contributed by atoms with Crippen LogP contribution < -0.4 is 5.73 Å². The van der Waals surface area contributed by atoms with Crippen molar-refractivity contribution in [1.82, 2.24) is 0 Å². The Bertz CT molecular complexity index is 368. The summed E-state index contributed by atoms with van der Waals surface area (Å²) >= 11 is 3.15. The minimum atomic E-state index is -0.590. The predicted octanol–water partition coefficient (Wildman–Crippen LogP) is 1.42. The number of hydrogen-bond acceptors (Lipinski definition) is 2. The van der Waals surface area contributed by atoms with Crippen LogP contribution in [-0.4, -0.2) is 5.91 Å². The van der Waals surface area contributed by atoms with Gasteiger partial charge in [0.15, 0.2) is 0 Å². The zero-order chi connectivity index (χ0) is 9.14. The summed E-state index contributed by atoms with van der Waals surface area (Å²) in [5.74, 6) is -0.590. The molecule has 0 radical (unpaired) electrons. The fourth-order valence-electron chi connectivity index (χ4n) is 0.843. The molecular weight excluding hydrogens is 220 g/mol. The van der Waals surface area contributed by atoms with E-state index in [4.69, 9.17) is 11.0 Å². The highest BCUT2D eigenvalue weighted by Gasteiger charge is 2.09. The lowest BCUT2D eigenvalue weighted by molar-refractivity contribution is 0.1000. The van der Waals surface area contributed by atoms with E-state index < -0.39 is 5.91 Å². The van der Waals surface area contributed by atoms with Crippen LogP contribution in [0.2, 0.25) is 0 Å². The van der Waals surface area contributed by atoms with Crippen LogP contribution in [-0.2, 0) is 0 Å². The molecule has 0 unspecified atom stereocenters. The van der Waals surface area contributed by atoms with E-state index in [-0.39, 0.29) is 11.1 Å². The van der Waals surface area contributed by atoms with Gasteiger partial charge in [-0.1, -0.05) is 6.07 Å². The van der Waals surface area contributed by atoms with Gasteiger partial charge in [0.25, 0.3) is 0 Å². The molecule has 2 N–H and O–H groups in total. The van der Waals surface area contributed by atoms with Crippen LogP contribution in [0.15, 0.2) is 22.7 Å². The second kappa shape index (κ2) is 3.37. The number of hydrogen-bond donors (Lipinski definition) is 1. The van der Waals surface area contributed by atoms with Gasteiger partial charge in [0.1, 0.15) is 6.07 Å². The molecule has 1 amide bonds. The minimum Gasteiger partial charge on any atom is -0.366 e. The molecule has 0 aliphatic carbocycles. The van der Waals surface area contributed by atoms with E-state index in [1.807, 2.05) is 6.07 Å². The minimum absolute atomic E-state index is 0.242. The van der Waals surface area contributed by atoms with E-state index in [0.717, 1.165) is 0 Å². The Morgan fingerprint density at radius 1 is 1.58 bits per heavy atom. The maximum Gasteiger partial charge on any atom is 0.250 e. The fraction of sp³-hybridized carbons (Fsp3) is 0. The number of nitrogens with two attached hydrogens (primary N) is 1. The standard InChI is InChI=1S/C8H5BrN2O/c9-7-3-1-2-5(8(11)12)6(7)4-10/h1-3H,(H2,11,12). The van der Waals surface area contributed by atoms with Crippen LogP contribution in [0.1, 0.15) is 15.9 Å². The number of halogens is 1. The van der Waals surface area contributed by atoms with Crippen LogP contribution in [0.3, 0.4) is 0 Å². The molecule has 3 nitrogen and oxygen atoms in total. The molecule has 60 valence electrons. The number of benzene rings is 1. The van der Waals surface area contributed by atoms with E-state index in [9.17, 15) is 4.79 Å². The summed E-state index contributed by atoms with van der Waals surface area (Å²) < 4.78 is 0.585. The molecule has 0 aliphatic heterocycles. The molecule has 0 saturated carbocycles. The van der Waals surface area contributed by atoms with Gasteiger partial charge in [-0.05, 0) is 28.1 Å². The maximum absolute atomic E-state index is 10.8. The number of nitrogens with zero attached hydrogens (tertiary/aromatic N) is 1. The summed E-state index contributed by atoms with van der Waals surface area (Å²) in [5, 5.41) is 8.66. The van der Waals surface area contributed by atoms with E-state index in [2.05, 4.69) is 15.9 Å². The number of carbonyl (C=O) groups excluding carboxylic acids is 1. The molecule has 0 aliphatic rings. The third-order valence-electron chi connectivity index (χ3n) is 1.39. The van der Waals surface area contributed by atoms with Crippen molar-refractivity contribution in [2.45, 2.75) is 0 Å². The molecule has 0 saturated heterocycles. The van der Waals surface area contributed by atoms with Gasteiger partial charge < -0.3 is 5.73 Å². The van der Waals surface area contributed by atoms with Gasteiger partial charge in [-0.25, -0.2) is 0 Å². The quantitative estimate of drug-likeness (QED) is 0.785. The zero-order valence-corrected chi connectivity index (χ0v) is 7.63. The summed E-state index contributed by atoms with van der Waals surface area (Å²) in [6.07, 6.45) is 0. The molecule has 0 fully saturated rings. The Hall–Kier alpha value is -1.34. The first-order valence-corrected chi connectivity index (χ1v) is 3.94. The van der Waals surface area contributed by atoms with Crippen molar-refractivity contribution >= 4 is 21.8 Å². The number of primary amides is 1. The normalized spacial score (nSPS) is 9.00. The Kier molecular flexibility index (Phi) is 2.46. The molecule has 1 aromatic rings. The Labute approximate surface area is 77.9 Å². The smallest absolute Gasteiger partial charge is 0.250 e. The number of carbonyl (C=O) groups is 1. The Balaban J connectivity index is 3.40. The van der Waals surface area contributed by atoms with Crippen LogP contribution in [0, 0.1) is 11.3 Å². The highest BCUT2D eigenvalue weighted by molar-refractivity contribution is 9.10. The molecule has 0 bridgehead atoms. The van der Waals surface area contributed by atoms with Crippen molar-refractivity contribution in [3.63, 3.8) is 0 Å². The van der Waals surface area contributed by atoms with E-state index >= 15 is 0 Å². The average Bonchev–Trinajstić information content (AvgIpc) is 2.03. The number of rotatable bonds is 1. The zero-order valence-electron chi connectivity index (χ0n) is 6.04. The first kappa shape index (κ1) is 8.75. The Morgan fingerprint density at radius 2 is 2.25 bits per heavy atom. The molecule has 1 rings (SSSR count). The van der Waals surface area contributed by atoms with Crippen molar-refractivity contribution < 1.29 is 4.79 Å². The van der Waals surface area contributed by atoms with Crippen LogP contribution in [0.25, 0.3) is 0 Å². The van der Waals surface area contributed by atoms with Gasteiger partial charge >= 0.3 is 0 Å². The monoisotopic (exact) mass is 224 g/mol. The molecule has 1 aromatic carbocycles. The summed E-state index contributed by atoms with van der Waals surface area (Å²) in [5.41, 5.74) is 5.57. The number of amides is 1. The molecule has 0 aromatic heterocycles. The number of nitriles is 1. The van der Waals surface area contributed by atoms with E-state index in [1.165, 1.54) is 6.07 Å². The molecule has 4 heteroatoms. The fourth-order valence-corrected chi connectivity index (χ4v) is 1.30. The highest BCUT2D eigenvalue weighted by atomic mass is 79.9. The van der Waals surface area contributed by atoms with Gasteiger partial charge in [-0.3, -0.25) is 4.79 Å². The van der Waals surface area contributed by atoms with Crippen LogP contribution in [0.5, 0.6) is 0 Å². The predicted molar refractivity (Wildman–Crippen MR) is 47.4 cm³/mol. The lowest BCUT2D eigenvalue weighted by atomic mass is 10.1. The van der Waals surface area contributed by atoms with E-state index in [0.29, 0.717) is 4.47 Å².